The molecule has 4 rings (SSSR count). The van der Waals surface area contributed by atoms with Crippen LogP contribution in [0.2, 0.25) is 0 Å². The third kappa shape index (κ3) is 3.64. The normalized spacial score (nSPS) is 13.2. The van der Waals surface area contributed by atoms with Gasteiger partial charge in [0.05, 0.1) is 11.9 Å². The zero-order valence-corrected chi connectivity index (χ0v) is 15.7. The Morgan fingerprint density at radius 3 is 2.43 bits per heavy atom. The SMILES string of the molecule is Cn1nnc(NS(=O)(=O)c2cccc(NC(=O)N3Cc4ccccc4C3)c2)n1. The molecule has 1 aliphatic heterocycles. The number of carbonyl (C=O) groups is 1. The summed E-state index contributed by atoms with van der Waals surface area (Å²) < 4.78 is 27.3. The number of tetrazole rings is 1. The molecule has 11 heteroatoms. The molecule has 0 atom stereocenters. The van der Waals surface area contributed by atoms with Gasteiger partial charge in [0.25, 0.3) is 16.0 Å². The Hall–Kier alpha value is -3.47. The number of aromatic nitrogens is 4. The smallest absolute Gasteiger partial charge is 0.316 e. The molecule has 0 bridgehead atoms. The van der Waals surface area contributed by atoms with Crippen LogP contribution in [0, 0.1) is 0 Å². The summed E-state index contributed by atoms with van der Waals surface area (Å²) in [6.07, 6.45) is 0. The van der Waals surface area contributed by atoms with E-state index in [0.29, 0.717) is 18.8 Å². The molecule has 1 aromatic heterocycles. The molecular formula is C17H17N7O3S. The van der Waals surface area contributed by atoms with Crippen LogP contribution in [0.4, 0.5) is 16.4 Å². The van der Waals surface area contributed by atoms with E-state index in [-0.39, 0.29) is 16.9 Å². The predicted octanol–water partition coefficient (Wildman–Crippen LogP) is 1.56. The van der Waals surface area contributed by atoms with Gasteiger partial charge in [-0.15, -0.1) is 5.10 Å². The number of nitrogens with one attached hydrogen (secondary N) is 2. The molecule has 0 aliphatic carbocycles. The van der Waals surface area contributed by atoms with Crippen LogP contribution >= 0.6 is 0 Å². The predicted molar refractivity (Wildman–Crippen MR) is 101 cm³/mol. The summed E-state index contributed by atoms with van der Waals surface area (Å²) in [4.78, 5) is 15.3. The Balaban J connectivity index is 1.47. The first-order chi connectivity index (χ1) is 13.4. The van der Waals surface area contributed by atoms with Crippen LogP contribution in [0.3, 0.4) is 0 Å². The molecule has 0 fully saturated rings. The molecule has 0 radical (unpaired) electrons. The van der Waals surface area contributed by atoms with E-state index in [9.17, 15) is 13.2 Å². The van der Waals surface area contributed by atoms with Crippen molar-refractivity contribution in [2.75, 3.05) is 10.0 Å². The molecule has 1 aliphatic rings. The second kappa shape index (κ2) is 6.93. The van der Waals surface area contributed by atoms with Crippen molar-refractivity contribution in [3.05, 3.63) is 59.7 Å². The van der Waals surface area contributed by atoms with Gasteiger partial charge in [0.1, 0.15) is 0 Å². The molecule has 2 N–H and O–H groups in total. The van der Waals surface area contributed by atoms with Crippen LogP contribution < -0.4 is 10.0 Å². The lowest BCUT2D eigenvalue weighted by Gasteiger charge is -2.17. The zero-order chi connectivity index (χ0) is 19.7. The van der Waals surface area contributed by atoms with E-state index < -0.39 is 10.0 Å². The second-order valence-electron chi connectivity index (χ2n) is 6.29. The van der Waals surface area contributed by atoms with E-state index in [1.807, 2.05) is 24.3 Å². The minimum Gasteiger partial charge on any atom is -0.316 e. The first kappa shape index (κ1) is 17.9. The van der Waals surface area contributed by atoms with E-state index in [1.54, 1.807) is 17.0 Å². The highest BCUT2D eigenvalue weighted by Gasteiger charge is 2.23. The highest BCUT2D eigenvalue weighted by Crippen LogP contribution is 2.24. The molecule has 0 saturated heterocycles. The summed E-state index contributed by atoms with van der Waals surface area (Å²) in [6.45, 7) is 1.03. The summed E-state index contributed by atoms with van der Waals surface area (Å²) >= 11 is 0. The summed E-state index contributed by atoms with van der Waals surface area (Å²) in [5.74, 6) is -0.133. The van der Waals surface area contributed by atoms with Crippen LogP contribution in [0.25, 0.3) is 0 Å². The molecule has 28 heavy (non-hydrogen) atoms. The van der Waals surface area contributed by atoms with Crippen molar-refractivity contribution in [3.63, 3.8) is 0 Å². The number of hydrogen-bond donors (Lipinski definition) is 2. The number of anilines is 2. The summed E-state index contributed by atoms with van der Waals surface area (Å²) in [5.41, 5.74) is 2.58. The fraction of sp³-hybridized carbons (Fsp3) is 0.176. The highest BCUT2D eigenvalue weighted by atomic mass is 32.2. The number of fused-ring (bicyclic) bond motifs is 1. The largest absolute Gasteiger partial charge is 0.322 e. The van der Waals surface area contributed by atoms with Crippen LogP contribution in [0.15, 0.2) is 53.4 Å². The lowest BCUT2D eigenvalue weighted by molar-refractivity contribution is 0.212. The molecule has 144 valence electrons. The number of rotatable bonds is 4. The van der Waals surface area contributed by atoms with Crippen LogP contribution in [0.1, 0.15) is 11.1 Å². The van der Waals surface area contributed by atoms with Crippen molar-refractivity contribution in [1.29, 1.82) is 0 Å². The molecular weight excluding hydrogens is 382 g/mol. The number of sulfonamides is 1. The molecule has 2 heterocycles. The standard InChI is InChI=1S/C17H17N7O3S/c1-23-20-16(19-22-23)21-28(26,27)15-8-4-7-14(9-15)18-17(25)24-10-12-5-2-3-6-13(12)11-24/h2-9H,10-11H2,1H3,(H,18,25)(H,20,21). The number of aryl methyl sites for hydroxylation is 1. The number of carbonyl (C=O) groups excluding carboxylic acids is 1. The lowest BCUT2D eigenvalue weighted by atomic mass is 10.1. The van der Waals surface area contributed by atoms with Crippen molar-refractivity contribution in [3.8, 4) is 0 Å². The lowest BCUT2D eigenvalue weighted by Crippen LogP contribution is -2.30. The van der Waals surface area contributed by atoms with Gasteiger partial charge < -0.3 is 10.2 Å². The zero-order valence-electron chi connectivity index (χ0n) is 14.9. The molecule has 0 spiro atoms. The van der Waals surface area contributed by atoms with Gasteiger partial charge in [0.15, 0.2) is 0 Å². The van der Waals surface area contributed by atoms with Gasteiger partial charge in [0, 0.05) is 18.8 Å². The Morgan fingerprint density at radius 2 is 1.79 bits per heavy atom. The molecule has 3 aromatic rings. The maximum atomic E-state index is 12.6. The number of hydrogen-bond acceptors (Lipinski definition) is 6. The van der Waals surface area contributed by atoms with Crippen molar-refractivity contribution >= 4 is 27.7 Å². The van der Waals surface area contributed by atoms with E-state index in [1.165, 1.54) is 19.2 Å². The van der Waals surface area contributed by atoms with E-state index in [4.69, 9.17) is 0 Å². The Morgan fingerprint density at radius 1 is 1.07 bits per heavy atom. The van der Waals surface area contributed by atoms with Gasteiger partial charge in [-0.2, -0.15) is 4.80 Å². The van der Waals surface area contributed by atoms with Gasteiger partial charge in [-0.1, -0.05) is 35.4 Å². The Kier molecular flexibility index (Phi) is 4.43. The van der Waals surface area contributed by atoms with Crippen LogP contribution in [-0.4, -0.2) is 39.6 Å². The molecule has 0 saturated carbocycles. The van der Waals surface area contributed by atoms with Crippen molar-refractivity contribution < 1.29 is 13.2 Å². The number of urea groups is 1. The average Bonchev–Trinajstić information content (AvgIpc) is 3.27. The fourth-order valence-electron chi connectivity index (χ4n) is 2.92. The van der Waals surface area contributed by atoms with E-state index >= 15 is 0 Å². The van der Waals surface area contributed by atoms with E-state index in [0.717, 1.165) is 15.9 Å². The van der Waals surface area contributed by atoms with Gasteiger partial charge in [-0.25, -0.2) is 17.9 Å². The fourth-order valence-corrected chi connectivity index (χ4v) is 3.90. The first-order valence-electron chi connectivity index (χ1n) is 8.40. The van der Waals surface area contributed by atoms with Gasteiger partial charge in [0.2, 0.25) is 0 Å². The van der Waals surface area contributed by atoms with E-state index in [2.05, 4.69) is 25.4 Å². The first-order valence-corrected chi connectivity index (χ1v) is 9.89. The minimum atomic E-state index is -3.91. The monoisotopic (exact) mass is 399 g/mol. The molecule has 2 amide bonds. The van der Waals surface area contributed by atoms with Gasteiger partial charge in [-0.05, 0) is 34.5 Å². The van der Waals surface area contributed by atoms with Gasteiger partial charge in [-0.3, -0.25) is 0 Å². The Bertz CT molecular complexity index is 1120. The summed E-state index contributed by atoms with van der Waals surface area (Å²) in [5, 5.41) is 13.7. The van der Waals surface area contributed by atoms with Gasteiger partial charge >= 0.3 is 6.03 Å². The van der Waals surface area contributed by atoms with Crippen molar-refractivity contribution in [2.24, 2.45) is 7.05 Å². The quantitative estimate of drug-likeness (QED) is 0.686. The minimum absolute atomic E-state index is 0.0255. The maximum Gasteiger partial charge on any atom is 0.322 e. The average molecular weight is 399 g/mol. The third-order valence-electron chi connectivity index (χ3n) is 4.26. The topological polar surface area (TPSA) is 122 Å². The molecule has 10 nitrogen and oxygen atoms in total. The number of nitrogens with zero attached hydrogens (tertiary/aromatic N) is 5. The number of benzene rings is 2. The second-order valence-corrected chi connectivity index (χ2v) is 7.97. The summed E-state index contributed by atoms with van der Waals surface area (Å²) in [6, 6.07) is 13.5. The maximum absolute atomic E-state index is 12.6. The van der Waals surface area contributed by atoms with Crippen LogP contribution in [-0.2, 0) is 30.2 Å². The third-order valence-corrected chi connectivity index (χ3v) is 5.58. The van der Waals surface area contributed by atoms with Crippen LogP contribution in [0.5, 0.6) is 0 Å². The number of amides is 2. The summed E-state index contributed by atoms with van der Waals surface area (Å²) in [7, 11) is -2.39. The highest BCUT2D eigenvalue weighted by molar-refractivity contribution is 7.92. The molecule has 0 unspecified atom stereocenters. The van der Waals surface area contributed by atoms with Crippen molar-refractivity contribution in [1.82, 2.24) is 25.1 Å². The van der Waals surface area contributed by atoms with Crippen molar-refractivity contribution in [2.45, 2.75) is 18.0 Å². The molecule has 2 aromatic carbocycles. The Labute approximate surface area is 161 Å².